The molecule has 4 nitrogen and oxygen atoms in total. The van der Waals surface area contributed by atoms with Crippen LogP contribution < -0.4 is 10.5 Å². The van der Waals surface area contributed by atoms with Gasteiger partial charge in [-0.1, -0.05) is 19.3 Å². The van der Waals surface area contributed by atoms with Gasteiger partial charge >= 0.3 is 0 Å². The standard InChI is InChI=1S/C12H17FN2O2S/c13-11-8-9(14)6-7-12(11)15-18(16,17)10-4-2-1-3-5-10/h6-8,10,15H,1-5,14H2. The van der Waals surface area contributed by atoms with Crippen molar-refractivity contribution < 1.29 is 12.8 Å². The van der Waals surface area contributed by atoms with E-state index in [1.807, 2.05) is 0 Å². The Morgan fingerprint density at radius 3 is 2.50 bits per heavy atom. The molecular weight excluding hydrogens is 255 g/mol. The topological polar surface area (TPSA) is 72.2 Å². The van der Waals surface area contributed by atoms with Crippen molar-refractivity contribution >= 4 is 21.4 Å². The zero-order valence-corrected chi connectivity index (χ0v) is 10.8. The van der Waals surface area contributed by atoms with Crippen molar-refractivity contribution in [3.63, 3.8) is 0 Å². The first-order valence-corrected chi connectivity index (χ1v) is 7.60. The Morgan fingerprint density at radius 2 is 1.89 bits per heavy atom. The minimum Gasteiger partial charge on any atom is -0.399 e. The van der Waals surface area contributed by atoms with Crippen LogP contribution in [0.1, 0.15) is 32.1 Å². The number of benzene rings is 1. The highest BCUT2D eigenvalue weighted by atomic mass is 32.2. The van der Waals surface area contributed by atoms with Gasteiger partial charge in [0.05, 0.1) is 10.9 Å². The number of anilines is 2. The molecule has 3 N–H and O–H groups in total. The van der Waals surface area contributed by atoms with Crippen LogP contribution in [0.4, 0.5) is 15.8 Å². The van der Waals surface area contributed by atoms with Crippen molar-refractivity contribution in [3.05, 3.63) is 24.0 Å². The lowest BCUT2D eigenvalue weighted by atomic mass is 10.0. The van der Waals surface area contributed by atoms with Crippen molar-refractivity contribution in [2.45, 2.75) is 37.4 Å². The van der Waals surface area contributed by atoms with Crippen LogP contribution in [0.25, 0.3) is 0 Å². The van der Waals surface area contributed by atoms with Crippen LogP contribution in [0, 0.1) is 5.82 Å². The number of hydrogen-bond acceptors (Lipinski definition) is 3. The fourth-order valence-corrected chi connectivity index (χ4v) is 3.82. The molecule has 18 heavy (non-hydrogen) atoms. The number of halogens is 1. The Bertz CT molecular complexity index is 525. The SMILES string of the molecule is Nc1ccc(NS(=O)(=O)C2CCCCC2)c(F)c1. The van der Waals surface area contributed by atoms with E-state index in [4.69, 9.17) is 5.73 Å². The maximum atomic E-state index is 13.5. The van der Waals surface area contributed by atoms with Gasteiger partial charge in [-0.3, -0.25) is 4.72 Å². The fourth-order valence-electron chi connectivity index (χ4n) is 2.23. The molecule has 1 aliphatic rings. The molecule has 1 aliphatic carbocycles. The third kappa shape index (κ3) is 2.93. The van der Waals surface area contributed by atoms with Crippen LogP contribution in [0.2, 0.25) is 0 Å². The molecule has 6 heteroatoms. The van der Waals surface area contributed by atoms with Crippen molar-refractivity contribution in [2.24, 2.45) is 0 Å². The summed E-state index contributed by atoms with van der Waals surface area (Å²) in [6.07, 6.45) is 4.19. The highest BCUT2D eigenvalue weighted by Gasteiger charge is 2.27. The molecule has 0 heterocycles. The molecule has 0 spiro atoms. The Morgan fingerprint density at radius 1 is 1.22 bits per heavy atom. The molecule has 0 radical (unpaired) electrons. The quantitative estimate of drug-likeness (QED) is 0.830. The summed E-state index contributed by atoms with van der Waals surface area (Å²) in [5.74, 6) is -0.644. The Labute approximate surface area is 106 Å². The van der Waals surface area contributed by atoms with Crippen LogP contribution >= 0.6 is 0 Å². The molecule has 0 saturated heterocycles. The van der Waals surface area contributed by atoms with E-state index < -0.39 is 21.1 Å². The molecule has 0 bridgehead atoms. The summed E-state index contributed by atoms with van der Waals surface area (Å²) in [6.45, 7) is 0. The molecule has 1 fully saturated rings. The van der Waals surface area contributed by atoms with Crippen LogP contribution in [-0.4, -0.2) is 13.7 Å². The van der Waals surface area contributed by atoms with E-state index in [1.165, 1.54) is 12.1 Å². The zero-order valence-electron chi connectivity index (χ0n) is 10.0. The summed E-state index contributed by atoms with van der Waals surface area (Å²) < 4.78 is 40.0. The van der Waals surface area contributed by atoms with Gasteiger partial charge in [-0.15, -0.1) is 0 Å². The predicted molar refractivity (Wildman–Crippen MR) is 70.2 cm³/mol. The van der Waals surface area contributed by atoms with E-state index >= 15 is 0 Å². The molecule has 1 saturated carbocycles. The summed E-state index contributed by atoms with van der Waals surface area (Å²) in [7, 11) is -3.50. The van der Waals surface area contributed by atoms with Crippen LogP contribution in [0.15, 0.2) is 18.2 Å². The van der Waals surface area contributed by atoms with E-state index in [-0.39, 0.29) is 11.4 Å². The van der Waals surface area contributed by atoms with E-state index in [0.717, 1.165) is 25.3 Å². The second-order valence-corrected chi connectivity index (χ2v) is 6.61. The molecular formula is C12H17FN2O2S. The lowest BCUT2D eigenvalue weighted by Gasteiger charge is -2.22. The fraction of sp³-hybridized carbons (Fsp3) is 0.500. The van der Waals surface area contributed by atoms with Gasteiger partial charge in [0.25, 0.3) is 0 Å². The molecule has 0 unspecified atom stereocenters. The minimum absolute atomic E-state index is 0.0326. The van der Waals surface area contributed by atoms with E-state index in [9.17, 15) is 12.8 Å². The number of nitrogen functional groups attached to an aromatic ring is 1. The van der Waals surface area contributed by atoms with Crippen LogP contribution in [0.5, 0.6) is 0 Å². The van der Waals surface area contributed by atoms with E-state index in [0.29, 0.717) is 12.8 Å². The summed E-state index contributed by atoms with van der Waals surface area (Å²) in [5.41, 5.74) is 5.66. The second kappa shape index (κ2) is 5.14. The van der Waals surface area contributed by atoms with E-state index in [2.05, 4.69) is 4.72 Å². The van der Waals surface area contributed by atoms with Gasteiger partial charge in [-0.25, -0.2) is 12.8 Å². The molecule has 0 atom stereocenters. The highest BCUT2D eigenvalue weighted by Crippen LogP contribution is 2.26. The van der Waals surface area contributed by atoms with E-state index in [1.54, 1.807) is 0 Å². The van der Waals surface area contributed by atoms with Gasteiger partial charge in [-0.2, -0.15) is 0 Å². The summed E-state index contributed by atoms with van der Waals surface area (Å²) in [4.78, 5) is 0. The highest BCUT2D eigenvalue weighted by molar-refractivity contribution is 7.93. The zero-order chi connectivity index (χ0) is 13.2. The van der Waals surface area contributed by atoms with Crippen molar-refractivity contribution in [3.8, 4) is 0 Å². The second-order valence-electron chi connectivity index (χ2n) is 4.65. The predicted octanol–water partition coefficient (Wildman–Crippen LogP) is 2.48. The first-order chi connectivity index (χ1) is 8.49. The van der Waals surface area contributed by atoms with Gasteiger partial charge in [0.15, 0.2) is 0 Å². The first-order valence-electron chi connectivity index (χ1n) is 6.06. The lowest BCUT2D eigenvalue weighted by molar-refractivity contribution is 0.486. The third-order valence-corrected chi connectivity index (χ3v) is 5.09. The van der Waals surface area contributed by atoms with Gasteiger partial charge in [0.1, 0.15) is 5.82 Å². The van der Waals surface area contributed by atoms with Crippen molar-refractivity contribution in [1.29, 1.82) is 0 Å². The largest absolute Gasteiger partial charge is 0.399 e. The summed E-state index contributed by atoms with van der Waals surface area (Å²) >= 11 is 0. The number of rotatable bonds is 3. The van der Waals surface area contributed by atoms with Gasteiger partial charge < -0.3 is 5.73 Å². The summed E-state index contributed by atoms with van der Waals surface area (Å²) in [6, 6.07) is 3.94. The smallest absolute Gasteiger partial charge is 0.235 e. The average Bonchev–Trinajstić information content (AvgIpc) is 2.34. The maximum Gasteiger partial charge on any atom is 0.235 e. The molecule has 2 rings (SSSR count). The first kappa shape index (κ1) is 13.1. The monoisotopic (exact) mass is 272 g/mol. The maximum absolute atomic E-state index is 13.5. The normalized spacial score (nSPS) is 17.6. The molecule has 0 aromatic heterocycles. The van der Waals surface area contributed by atoms with Crippen LogP contribution in [0.3, 0.4) is 0 Å². The van der Waals surface area contributed by atoms with Crippen molar-refractivity contribution in [1.82, 2.24) is 0 Å². The third-order valence-electron chi connectivity index (χ3n) is 3.24. The van der Waals surface area contributed by atoms with Crippen molar-refractivity contribution in [2.75, 3.05) is 10.5 Å². The number of nitrogens with one attached hydrogen (secondary N) is 1. The molecule has 100 valence electrons. The minimum atomic E-state index is -3.50. The van der Waals surface area contributed by atoms with Gasteiger partial charge in [0, 0.05) is 5.69 Å². The van der Waals surface area contributed by atoms with Crippen LogP contribution in [-0.2, 0) is 10.0 Å². The van der Waals surface area contributed by atoms with Gasteiger partial charge in [-0.05, 0) is 31.0 Å². The Kier molecular flexibility index (Phi) is 3.75. The lowest BCUT2D eigenvalue weighted by Crippen LogP contribution is -2.30. The Hall–Kier alpha value is -1.30. The average molecular weight is 272 g/mol. The summed E-state index contributed by atoms with van der Waals surface area (Å²) in [5, 5.41) is -0.414. The Balaban J connectivity index is 2.16. The molecule has 1 aromatic carbocycles. The number of nitrogens with two attached hydrogens (primary N) is 1. The molecule has 0 amide bonds. The number of hydrogen-bond donors (Lipinski definition) is 2. The molecule has 0 aliphatic heterocycles. The molecule has 1 aromatic rings. The van der Waals surface area contributed by atoms with Gasteiger partial charge in [0.2, 0.25) is 10.0 Å². The number of sulfonamides is 1.